The van der Waals surface area contributed by atoms with Crippen LogP contribution in [0.15, 0.2) is 0 Å². The molecule has 0 heterocycles. The minimum absolute atomic E-state index is 0.142. The Bertz CT molecular complexity index is 235. The van der Waals surface area contributed by atoms with Gasteiger partial charge in [0.2, 0.25) is 0 Å². The minimum Gasteiger partial charge on any atom is -0.466 e. The van der Waals surface area contributed by atoms with Gasteiger partial charge >= 0.3 is 5.97 Å². The van der Waals surface area contributed by atoms with Crippen LogP contribution in [0.5, 0.6) is 0 Å². The van der Waals surface area contributed by atoms with Crippen LogP contribution in [-0.4, -0.2) is 23.8 Å². The first kappa shape index (κ1) is 12.5. The van der Waals surface area contributed by atoms with Gasteiger partial charge in [0.25, 0.3) is 0 Å². The second kappa shape index (κ2) is 4.52. The van der Waals surface area contributed by atoms with E-state index in [1.165, 1.54) is 0 Å². The van der Waals surface area contributed by atoms with Crippen LogP contribution < -0.4 is 0 Å². The molecule has 15 heavy (non-hydrogen) atoms. The van der Waals surface area contributed by atoms with Gasteiger partial charge in [-0.2, -0.15) is 0 Å². The number of esters is 1. The highest BCUT2D eigenvalue weighted by atomic mass is 16.5. The first-order valence-electron chi connectivity index (χ1n) is 5.73. The molecule has 3 nitrogen and oxygen atoms in total. The lowest BCUT2D eigenvalue weighted by atomic mass is 9.78. The van der Waals surface area contributed by atoms with Crippen molar-refractivity contribution in [3.63, 3.8) is 0 Å². The van der Waals surface area contributed by atoms with E-state index >= 15 is 0 Å². The highest BCUT2D eigenvalue weighted by molar-refractivity contribution is 5.69. The van der Waals surface area contributed by atoms with E-state index in [4.69, 9.17) is 4.74 Å². The van der Waals surface area contributed by atoms with Crippen LogP contribution in [0, 0.1) is 17.3 Å². The smallest absolute Gasteiger partial charge is 0.306 e. The van der Waals surface area contributed by atoms with Crippen LogP contribution in [0.25, 0.3) is 0 Å². The Morgan fingerprint density at radius 1 is 1.53 bits per heavy atom. The van der Waals surface area contributed by atoms with Gasteiger partial charge < -0.3 is 9.84 Å². The number of aliphatic hydroxyl groups is 1. The topological polar surface area (TPSA) is 46.5 Å². The van der Waals surface area contributed by atoms with Gasteiger partial charge in [-0.25, -0.2) is 0 Å². The molecule has 88 valence electrons. The molecule has 0 aromatic carbocycles. The van der Waals surface area contributed by atoms with E-state index in [0.29, 0.717) is 13.0 Å². The maximum atomic E-state index is 11.4. The fourth-order valence-corrected chi connectivity index (χ4v) is 2.62. The molecule has 0 aromatic rings. The molecule has 1 fully saturated rings. The molecule has 0 amide bonds. The third kappa shape index (κ3) is 2.51. The molecule has 3 heteroatoms. The molecular formula is C12H22O3. The quantitative estimate of drug-likeness (QED) is 0.731. The number of rotatable bonds is 3. The van der Waals surface area contributed by atoms with E-state index in [0.717, 1.165) is 6.42 Å². The number of carbonyl (C=O) groups excluding carboxylic acids is 1. The molecule has 3 atom stereocenters. The van der Waals surface area contributed by atoms with Crippen molar-refractivity contribution in [3.05, 3.63) is 0 Å². The summed E-state index contributed by atoms with van der Waals surface area (Å²) in [7, 11) is 0. The minimum atomic E-state index is -0.308. The van der Waals surface area contributed by atoms with E-state index in [1.54, 1.807) is 0 Å². The van der Waals surface area contributed by atoms with Crippen molar-refractivity contribution >= 4 is 5.97 Å². The summed E-state index contributed by atoms with van der Waals surface area (Å²) in [6.07, 6.45) is 1.03. The fourth-order valence-electron chi connectivity index (χ4n) is 2.62. The van der Waals surface area contributed by atoms with Gasteiger partial charge in [-0.05, 0) is 30.6 Å². The molecule has 0 aliphatic heterocycles. The van der Waals surface area contributed by atoms with E-state index in [-0.39, 0.29) is 29.3 Å². The third-order valence-corrected chi connectivity index (χ3v) is 3.73. The van der Waals surface area contributed by atoms with E-state index in [1.807, 2.05) is 27.7 Å². The Labute approximate surface area is 91.8 Å². The van der Waals surface area contributed by atoms with Crippen LogP contribution in [-0.2, 0) is 9.53 Å². The molecule has 0 spiro atoms. The number of carbonyl (C=O) groups is 1. The van der Waals surface area contributed by atoms with Gasteiger partial charge in [-0.15, -0.1) is 0 Å². The van der Waals surface area contributed by atoms with Crippen molar-refractivity contribution in [1.29, 1.82) is 0 Å². The maximum Gasteiger partial charge on any atom is 0.306 e. The van der Waals surface area contributed by atoms with Gasteiger partial charge in [0.1, 0.15) is 0 Å². The zero-order valence-electron chi connectivity index (χ0n) is 10.1. The maximum absolute atomic E-state index is 11.4. The normalized spacial score (nSPS) is 34.1. The van der Waals surface area contributed by atoms with Crippen molar-refractivity contribution in [2.75, 3.05) is 6.61 Å². The summed E-state index contributed by atoms with van der Waals surface area (Å²) in [6, 6.07) is 0. The number of hydrogen-bond donors (Lipinski definition) is 1. The monoisotopic (exact) mass is 214 g/mol. The Hall–Kier alpha value is -0.570. The van der Waals surface area contributed by atoms with Crippen LogP contribution >= 0.6 is 0 Å². The highest BCUT2D eigenvalue weighted by Crippen LogP contribution is 2.47. The number of ether oxygens (including phenoxy) is 1. The van der Waals surface area contributed by atoms with Gasteiger partial charge in [-0.3, -0.25) is 4.79 Å². The van der Waals surface area contributed by atoms with Crippen LogP contribution in [0.3, 0.4) is 0 Å². The van der Waals surface area contributed by atoms with Crippen LogP contribution in [0.4, 0.5) is 0 Å². The second-order valence-electron chi connectivity index (χ2n) is 5.19. The molecule has 1 rings (SSSR count). The lowest BCUT2D eigenvalue weighted by Gasteiger charge is -2.30. The molecule has 0 saturated heterocycles. The van der Waals surface area contributed by atoms with E-state index < -0.39 is 0 Å². The summed E-state index contributed by atoms with van der Waals surface area (Å²) >= 11 is 0. The average molecular weight is 214 g/mol. The van der Waals surface area contributed by atoms with Crippen molar-refractivity contribution < 1.29 is 14.6 Å². The van der Waals surface area contributed by atoms with E-state index in [9.17, 15) is 9.90 Å². The summed E-state index contributed by atoms with van der Waals surface area (Å²) in [5.41, 5.74) is -0.174. The molecule has 0 bridgehead atoms. The average Bonchev–Trinajstić information content (AvgIpc) is 2.31. The Balaban J connectivity index is 2.60. The second-order valence-corrected chi connectivity index (χ2v) is 5.19. The van der Waals surface area contributed by atoms with Gasteiger partial charge in [0.15, 0.2) is 0 Å². The molecule has 0 unspecified atom stereocenters. The van der Waals surface area contributed by atoms with Crippen molar-refractivity contribution in [1.82, 2.24) is 0 Å². The summed E-state index contributed by atoms with van der Waals surface area (Å²) < 4.78 is 4.95. The zero-order chi connectivity index (χ0) is 11.6. The molecule has 1 saturated carbocycles. The molecule has 0 aromatic heterocycles. The first-order chi connectivity index (χ1) is 6.89. The van der Waals surface area contributed by atoms with Crippen LogP contribution in [0.1, 0.15) is 40.5 Å². The zero-order valence-corrected chi connectivity index (χ0v) is 10.1. The summed E-state index contributed by atoms with van der Waals surface area (Å²) in [5.74, 6) is 0.373. The predicted octanol–water partition coefficient (Wildman–Crippen LogP) is 1.98. The van der Waals surface area contributed by atoms with Crippen molar-refractivity contribution in [2.24, 2.45) is 17.3 Å². The molecule has 1 aliphatic rings. The Kier molecular flexibility index (Phi) is 3.77. The molecule has 1 N–H and O–H groups in total. The highest BCUT2D eigenvalue weighted by Gasteiger charge is 2.47. The van der Waals surface area contributed by atoms with E-state index in [2.05, 4.69) is 0 Å². The van der Waals surface area contributed by atoms with Crippen molar-refractivity contribution in [3.8, 4) is 0 Å². The van der Waals surface area contributed by atoms with Gasteiger partial charge in [0.05, 0.1) is 12.7 Å². The lowest BCUT2D eigenvalue weighted by molar-refractivity contribution is -0.145. The van der Waals surface area contributed by atoms with Gasteiger partial charge in [-0.1, -0.05) is 20.8 Å². The SMILES string of the molecule is CCOC(=O)C[C@@H]1C[C@@H](C)[C@H](O)C1(C)C. The fraction of sp³-hybridized carbons (Fsp3) is 0.917. The largest absolute Gasteiger partial charge is 0.466 e. The Morgan fingerprint density at radius 2 is 2.13 bits per heavy atom. The molecule has 0 radical (unpaired) electrons. The number of aliphatic hydroxyl groups excluding tert-OH is 1. The van der Waals surface area contributed by atoms with Crippen molar-refractivity contribution in [2.45, 2.75) is 46.6 Å². The first-order valence-corrected chi connectivity index (χ1v) is 5.73. The van der Waals surface area contributed by atoms with Gasteiger partial charge in [0, 0.05) is 6.42 Å². The number of hydrogen-bond acceptors (Lipinski definition) is 3. The third-order valence-electron chi connectivity index (χ3n) is 3.73. The Morgan fingerprint density at radius 3 is 2.53 bits per heavy atom. The standard InChI is InChI=1S/C12H22O3/c1-5-15-10(13)7-9-6-8(2)11(14)12(9,3)4/h8-9,11,14H,5-7H2,1-4H3/t8-,9+,11+/m1/s1. The summed E-state index contributed by atoms with van der Waals surface area (Å²) in [6.45, 7) is 8.35. The molecular weight excluding hydrogens is 192 g/mol. The van der Waals surface area contributed by atoms with Crippen LogP contribution in [0.2, 0.25) is 0 Å². The summed E-state index contributed by atoms with van der Waals surface area (Å²) in [4.78, 5) is 11.4. The lowest BCUT2D eigenvalue weighted by Crippen LogP contribution is -2.32. The predicted molar refractivity (Wildman–Crippen MR) is 58.3 cm³/mol. The summed E-state index contributed by atoms with van der Waals surface area (Å²) in [5, 5.41) is 9.99. The molecule has 1 aliphatic carbocycles.